The summed E-state index contributed by atoms with van der Waals surface area (Å²) in [6.07, 6.45) is 13.7. The van der Waals surface area contributed by atoms with Gasteiger partial charge in [-0.25, -0.2) is 0 Å². The Kier molecular flexibility index (Phi) is 14.7. The van der Waals surface area contributed by atoms with E-state index in [0.717, 1.165) is 57.1 Å². The van der Waals surface area contributed by atoms with Crippen molar-refractivity contribution in [1.82, 2.24) is 0 Å². The second kappa shape index (κ2) is 16.0. The van der Waals surface area contributed by atoms with Crippen LogP contribution >= 0.6 is 11.8 Å². The van der Waals surface area contributed by atoms with E-state index in [4.69, 9.17) is 4.74 Å². The first-order valence-electron chi connectivity index (χ1n) is 13.0. The number of ether oxygens (including phenoxy) is 1. The summed E-state index contributed by atoms with van der Waals surface area (Å²) in [5.74, 6) is 1.35. The molecule has 0 aromatic rings. The maximum atomic E-state index is 11.3. The van der Waals surface area contributed by atoms with Gasteiger partial charge in [0.25, 0.3) is 0 Å². The van der Waals surface area contributed by atoms with Crippen molar-refractivity contribution in [3.05, 3.63) is 22.6 Å². The summed E-state index contributed by atoms with van der Waals surface area (Å²) in [6, 6.07) is 0. The van der Waals surface area contributed by atoms with Crippen molar-refractivity contribution in [2.24, 2.45) is 17.3 Å². The molecule has 0 radical (unpaired) electrons. The third kappa shape index (κ3) is 13.0. The van der Waals surface area contributed by atoms with Gasteiger partial charge in [-0.15, -0.1) is 11.8 Å². The van der Waals surface area contributed by atoms with Gasteiger partial charge in [-0.05, 0) is 60.5 Å². The average Bonchev–Trinajstić information content (AvgIpc) is 3.05. The molecule has 192 valence electrons. The van der Waals surface area contributed by atoms with Crippen molar-refractivity contribution in [2.75, 3.05) is 12.9 Å². The Balaban J connectivity index is 2.74. The van der Waals surface area contributed by atoms with Gasteiger partial charge in [0.2, 0.25) is 0 Å². The van der Waals surface area contributed by atoms with Gasteiger partial charge in [0.15, 0.2) is 0 Å². The number of thioether (sulfide) groups is 1. The Morgan fingerprint density at radius 2 is 1.97 bits per heavy atom. The molecule has 5 heteroatoms. The zero-order chi connectivity index (χ0) is 24.9. The van der Waals surface area contributed by atoms with E-state index in [2.05, 4.69) is 40.7 Å². The van der Waals surface area contributed by atoms with Crippen LogP contribution in [0.4, 0.5) is 0 Å². The minimum absolute atomic E-state index is 0.0133. The molecule has 1 rings (SSSR count). The van der Waals surface area contributed by atoms with Crippen LogP contribution in [0.1, 0.15) is 105 Å². The van der Waals surface area contributed by atoms with Gasteiger partial charge >= 0.3 is 5.97 Å². The molecule has 0 heterocycles. The van der Waals surface area contributed by atoms with Crippen LogP contribution in [-0.2, 0) is 9.53 Å². The first-order valence-corrected chi connectivity index (χ1v) is 14.0. The van der Waals surface area contributed by atoms with Crippen molar-refractivity contribution in [3.63, 3.8) is 0 Å². The molecule has 0 unspecified atom stereocenters. The standard InChI is InChI=1S/C28H50O4S/c1-7-8-12-21(2)19-23(29)14-15-24-25(30)20-22(16-17-28(3,4)5)27(24)33-18-11-9-10-13-26(31)32-6/h14-15,21,23-25,29-30H,7-13,16-20H2,1-6H3/b15-14+/t21-,23-,24+,25-/m1/s1. The molecule has 4 atom stereocenters. The number of unbranched alkanes of at least 4 members (excludes halogenated alkanes) is 3. The lowest BCUT2D eigenvalue weighted by Crippen LogP contribution is -2.15. The number of rotatable bonds is 16. The van der Waals surface area contributed by atoms with E-state index in [1.807, 2.05) is 17.8 Å². The van der Waals surface area contributed by atoms with Gasteiger partial charge < -0.3 is 14.9 Å². The first kappa shape index (κ1) is 30.3. The number of carbonyl (C=O) groups is 1. The number of methoxy groups -OCH3 is 1. The summed E-state index contributed by atoms with van der Waals surface area (Å²) in [4.78, 5) is 12.6. The molecule has 0 saturated carbocycles. The molecular weight excluding hydrogens is 432 g/mol. The van der Waals surface area contributed by atoms with Gasteiger partial charge in [0.05, 0.1) is 19.3 Å². The highest BCUT2D eigenvalue weighted by molar-refractivity contribution is 8.03. The second-order valence-electron chi connectivity index (χ2n) is 11.0. The SMILES string of the molecule is CCCC[C@@H](C)C[C@H](O)/C=C/[C@@H]1C(SCCCCCC(=O)OC)=C(CCC(C)(C)C)C[C@H]1O. The molecule has 0 aliphatic heterocycles. The third-order valence-corrected chi connectivity index (χ3v) is 7.81. The van der Waals surface area contributed by atoms with E-state index in [0.29, 0.717) is 12.3 Å². The maximum Gasteiger partial charge on any atom is 0.305 e. The van der Waals surface area contributed by atoms with Crippen LogP contribution in [0.5, 0.6) is 0 Å². The molecule has 4 nitrogen and oxygen atoms in total. The quantitative estimate of drug-likeness (QED) is 0.140. The summed E-state index contributed by atoms with van der Waals surface area (Å²) in [5.41, 5.74) is 1.65. The number of hydrogen-bond acceptors (Lipinski definition) is 5. The van der Waals surface area contributed by atoms with E-state index in [1.54, 1.807) is 0 Å². The minimum Gasteiger partial charge on any atom is -0.469 e. The molecule has 1 aliphatic rings. The van der Waals surface area contributed by atoms with Crippen LogP contribution in [0.25, 0.3) is 0 Å². The summed E-state index contributed by atoms with van der Waals surface area (Å²) >= 11 is 1.87. The van der Waals surface area contributed by atoms with E-state index in [9.17, 15) is 15.0 Å². The van der Waals surface area contributed by atoms with Crippen LogP contribution in [0.2, 0.25) is 0 Å². The second-order valence-corrected chi connectivity index (χ2v) is 12.1. The lowest BCUT2D eigenvalue weighted by Gasteiger charge is -2.19. The molecule has 1 aliphatic carbocycles. The molecule has 0 aromatic heterocycles. The zero-order valence-electron chi connectivity index (χ0n) is 22.1. The van der Waals surface area contributed by atoms with Crippen molar-refractivity contribution in [3.8, 4) is 0 Å². The Labute approximate surface area is 207 Å². The normalized spacial score (nSPS) is 21.1. The van der Waals surface area contributed by atoms with E-state index in [-0.39, 0.29) is 17.3 Å². The van der Waals surface area contributed by atoms with Crippen molar-refractivity contribution >= 4 is 17.7 Å². The van der Waals surface area contributed by atoms with Crippen LogP contribution in [-0.4, -0.2) is 41.3 Å². The maximum absolute atomic E-state index is 11.3. The van der Waals surface area contributed by atoms with Crippen LogP contribution in [0, 0.1) is 17.3 Å². The van der Waals surface area contributed by atoms with E-state index in [1.165, 1.54) is 30.4 Å². The van der Waals surface area contributed by atoms with Gasteiger partial charge in [-0.1, -0.05) is 78.0 Å². The Morgan fingerprint density at radius 1 is 1.24 bits per heavy atom. The Hall–Kier alpha value is -0.780. The van der Waals surface area contributed by atoms with Gasteiger partial charge in [0, 0.05) is 12.3 Å². The largest absolute Gasteiger partial charge is 0.469 e. The lowest BCUT2D eigenvalue weighted by molar-refractivity contribution is -0.140. The van der Waals surface area contributed by atoms with Gasteiger partial charge in [-0.3, -0.25) is 4.79 Å². The summed E-state index contributed by atoms with van der Waals surface area (Å²) in [7, 11) is 1.44. The van der Waals surface area contributed by atoms with E-state index >= 15 is 0 Å². The third-order valence-electron chi connectivity index (χ3n) is 6.44. The zero-order valence-corrected chi connectivity index (χ0v) is 22.9. The van der Waals surface area contributed by atoms with Crippen molar-refractivity contribution in [1.29, 1.82) is 0 Å². The molecule has 33 heavy (non-hydrogen) atoms. The number of hydrogen-bond donors (Lipinski definition) is 2. The molecule has 0 fully saturated rings. The fourth-order valence-corrected chi connectivity index (χ4v) is 5.68. The van der Waals surface area contributed by atoms with E-state index < -0.39 is 12.2 Å². The molecular formula is C28H50O4S. The first-order chi connectivity index (χ1) is 15.6. The van der Waals surface area contributed by atoms with Gasteiger partial charge in [0.1, 0.15) is 0 Å². The van der Waals surface area contributed by atoms with Crippen LogP contribution < -0.4 is 0 Å². The highest BCUT2D eigenvalue weighted by atomic mass is 32.2. The lowest BCUT2D eigenvalue weighted by atomic mass is 9.88. The predicted octanol–water partition coefficient (Wildman–Crippen LogP) is 7.05. The average molecular weight is 483 g/mol. The molecule has 0 bridgehead atoms. The molecule has 0 saturated heterocycles. The summed E-state index contributed by atoms with van der Waals surface area (Å²) in [5, 5.41) is 21.4. The Morgan fingerprint density at radius 3 is 2.61 bits per heavy atom. The molecule has 0 amide bonds. The number of aliphatic hydroxyl groups excluding tert-OH is 2. The Bertz CT molecular complexity index is 620. The van der Waals surface area contributed by atoms with Crippen molar-refractivity contribution < 1.29 is 19.7 Å². The van der Waals surface area contributed by atoms with Gasteiger partial charge in [-0.2, -0.15) is 0 Å². The highest BCUT2D eigenvalue weighted by Gasteiger charge is 2.32. The number of esters is 1. The fraction of sp³-hybridized carbons (Fsp3) is 0.821. The molecule has 0 aromatic carbocycles. The van der Waals surface area contributed by atoms with Crippen LogP contribution in [0.15, 0.2) is 22.6 Å². The van der Waals surface area contributed by atoms with Crippen LogP contribution in [0.3, 0.4) is 0 Å². The monoisotopic (exact) mass is 482 g/mol. The highest BCUT2D eigenvalue weighted by Crippen LogP contribution is 2.43. The summed E-state index contributed by atoms with van der Waals surface area (Å²) < 4.78 is 4.71. The predicted molar refractivity (Wildman–Crippen MR) is 141 cm³/mol. The fourth-order valence-electron chi connectivity index (χ4n) is 4.30. The summed E-state index contributed by atoms with van der Waals surface area (Å²) in [6.45, 7) is 11.2. The topological polar surface area (TPSA) is 66.8 Å². The minimum atomic E-state index is -0.452. The number of carbonyl (C=O) groups excluding carboxylic acids is 1. The van der Waals surface area contributed by atoms with Crippen molar-refractivity contribution in [2.45, 2.75) is 117 Å². The smallest absolute Gasteiger partial charge is 0.305 e. The molecule has 0 spiro atoms. The number of aliphatic hydroxyl groups is 2. The molecule has 2 N–H and O–H groups in total.